The smallest absolute Gasteiger partial charge is 0.234 e. The molecule has 0 aliphatic heterocycles. The van der Waals surface area contributed by atoms with E-state index in [1.807, 2.05) is 37.4 Å². The summed E-state index contributed by atoms with van der Waals surface area (Å²) in [6.45, 7) is 1.18. The maximum Gasteiger partial charge on any atom is 0.234 e. The predicted molar refractivity (Wildman–Crippen MR) is 83.7 cm³/mol. The Labute approximate surface area is 124 Å². The quantitative estimate of drug-likeness (QED) is 0.838. The maximum atomic E-state index is 11.3. The van der Waals surface area contributed by atoms with Crippen molar-refractivity contribution in [3.8, 4) is 0 Å². The fourth-order valence-electron chi connectivity index (χ4n) is 2.11. The fourth-order valence-corrected chi connectivity index (χ4v) is 2.11. The van der Waals surface area contributed by atoms with Crippen LogP contribution in [0, 0.1) is 0 Å². The van der Waals surface area contributed by atoms with Gasteiger partial charge in [-0.05, 0) is 11.6 Å². The Morgan fingerprint density at radius 1 is 1.24 bits per heavy atom. The number of carbonyl (C=O) groups is 1. The number of rotatable bonds is 6. The summed E-state index contributed by atoms with van der Waals surface area (Å²) in [5.41, 5.74) is 7.48. The topological polar surface area (TPSA) is 71.2 Å². The van der Waals surface area contributed by atoms with E-state index in [4.69, 9.17) is 5.73 Å². The number of pyridine rings is 1. The Morgan fingerprint density at radius 3 is 2.71 bits per heavy atom. The van der Waals surface area contributed by atoms with E-state index in [1.54, 1.807) is 6.20 Å². The van der Waals surface area contributed by atoms with Gasteiger partial charge >= 0.3 is 0 Å². The van der Waals surface area contributed by atoms with E-state index < -0.39 is 0 Å². The summed E-state index contributed by atoms with van der Waals surface area (Å²) in [6, 6.07) is 14.0. The molecular weight excluding hydrogens is 264 g/mol. The van der Waals surface area contributed by atoms with Crippen LogP contribution in [0.1, 0.15) is 11.1 Å². The highest BCUT2D eigenvalue weighted by Crippen LogP contribution is 2.17. The van der Waals surface area contributed by atoms with E-state index in [0.29, 0.717) is 6.54 Å². The van der Waals surface area contributed by atoms with Crippen LogP contribution in [0.25, 0.3) is 0 Å². The second-order valence-electron chi connectivity index (χ2n) is 4.81. The molecule has 1 amide bonds. The van der Waals surface area contributed by atoms with Crippen molar-refractivity contribution in [1.82, 2.24) is 10.3 Å². The largest absolute Gasteiger partial charge is 0.355 e. The number of amides is 1. The molecule has 5 nitrogen and oxygen atoms in total. The van der Waals surface area contributed by atoms with Crippen LogP contribution in [0.3, 0.4) is 0 Å². The standard InChI is InChI=1S/C16H20N4O/c1-20(12-13-6-3-2-4-7-13)16-14(8-5-9-18-16)11-19-15(21)10-17/h2-9H,10-12,17H2,1H3,(H,19,21). The van der Waals surface area contributed by atoms with Crippen LogP contribution in [0.5, 0.6) is 0 Å². The van der Waals surface area contributed by atoms with Crippen molar-refractivity contribution < 1.29 is 4.79 Å². The molecule has 0 unspecified atom stereocenters. The number of hydrogen-bond acceptors (Lipinski definition) is 4. The number of aromatic nitrogens is 1. The predicted octanol–water partition coefficient (Wildman–Crippen LogP) is 1.29. The third-order valence-corrected chi connectivity index (χ3v) is 3.15. The monoisotopic (exact) mass is 284 g/mol. The van der Waals surface area contributed by atoms with Gasteiger partial charge in [-0.1, -0.05) is 36.4 Å². The Hall–Kier alpha value is -2.40. The van der Waals surface area contributed by atoms with E-state index in [2.05, 4.69) is 27.3 Å². The van der Waals surface area contributed by atoms with Crippen molar-refractivity contribution in [1.29, 1.82) is 0 Å². The van der Waals surface area contributed by atoms with Crippen molar-refractivity contribution in [2.45, 2.75) is 13.1 Å². The van der Waals surface area contributed by atoms with Crippen molar-refractivity contribution >= 4 is 11.7 Å². The van der Waals surface area contributed by atoms with Gasteiger partial charge in [-0.25, -0.2) is 4.98 Å². The summed E-state index contributed by atoms with van der Waals surface area (Å²) in [5.74, 6) is 0.689. The molecule has 0 aliphatic carbocycles. The first-order valence-electron chi connectivity index (χ1n) is 6.86. The lowest BCUT2D eigenvalue weighted by atomic mass is 10.2. The summed E-state index contributed by atoms with van der Waals surface area (Å²) in [5, 5.41) is 2.78. The van der Waals surface area contributed by atoms with Gasteiger partial charge in [-0.3, -0.25) is 4.79 Å². The van der Waals surface area contributed by atoms with Crippen molar-refractivity contribution in [3.05, 3.63) is 59.8 Å². The van der Waals surface area contributed by atoms with Gasteiger partial charge in [0.15, 0.2) is 0 Å². The van der Waals surface area contributed by atoms with Crippen LogP contribution in [-0.4, -0.2) is 24.5 Å². The molecule has 1 aromatic heterocycles. The first-order valence-corrected chi connectivity index (χ1v) is 6.86. The molecule has 0 bridgehead atoms. The average molecular weight is 284 g/mol. The molecule has 0 saturated heterocycles. The lowest BCUT2D eigenvalue weighted by Gasteiger charge is -2.21. The van der Waals surface area contributed by atoms with Gasteiger partial charge in [0.1, 0.15) is 5.82 Å². The molecule has 21 heavy (non-hydrogen) atoms. The SMILES string of the molecule is CN(Cc1ccccc1)c1ncccc1CNC(=O)CN. The number of benzene rings is 1. The second-order valence-corrected chi connectivity index (χ2v) is 4.81. The molecule has 1 aromatic carbocycles. The zero-order chi connectivity index (χ0) is 15.1. The maximum absolute atomic E-state index is 11.3. The molecule has 2 rings (SSSR count). The number of hydrogen-bond donors (Lipinski definition) is 2. The number of nitrogens with zero attached hydrogens (tertiary/aromatic N) is 2. The van der Waals surface area contributed by atoms with Gasteiger partial charge in [0, 0.05) is 31.9 Å². The van der Waals surface area contributed by atoms with Crippen LogP contribution in [0.15, 0.2) is 48.7 Å². The highest BCUT2D eigenvalue weighted by Gasteiger charge is 2.10. The number of nitrogens with one attached hydrogen (secondary N) is 1. The minimum atomic E-state index is -0.171. The minimum absolute atomic E-state index is 0.00451. The van der Waals surface area contributed by atoms with Crippen molar-refractivity contribution in [2.75, 3.05) is 18.5 Å². The molecule has 0 radical (unpaired) electrons. The van der Waals surface area contributed by atoms with Crippen molar-refractivity contribution in [3.63, 3.8) is 0 Å². The molecule has 0 aliphatic rings. The molecule has 1 heterocycles. The normalized spacial score (nSPS) is 10.2. The molecule has 2 aromatic rings. The van der Waals surface area contributed by atoms with Gasteiger partial charge in [0.2, 0.25) is 5.91 Å². The van der Waals surface area contributed by atoms with E-state index in [9.17, 15) is 4.79 Å². The molecule has 0 spiro atoms. The van der Waals surface area contributed by atoms with Crippen molar-refractivity contribution in [2.24, 2.45) is 5.73 Å². The molecule has 5 heteroatoms. The molecule has 0 atom stereocenters. The van der Waals surface area contributed by atoms with E-state index in [1.165, 1.54) is 5.56 Å². The zero-order valence-electron chi connectivity index (χ0n) is 12.1. The molecule has 0 saturated carbocycles. The Morgan fingerprint density at radius 2 is 2.00 bits per heavy atom. The summed E-state index contributed by atoms with van der Waals surface area (Å²) in [7, 11) is 1.99. The van der Waals surface area contributed by atoms with Crippen LogP contribution in [0.2, 0.25) is 0 Å². The average Bonchev–Trinajstić information content (AvgIpc) is 2.53. The Balaban J connectivity index is 2.09. The fraction of sp³-hybridized carbons (Fsp3) is 0.250. The van der Waals surface area contributed by atoms with Gasteiger partial charge in [0.05, 0.1) is 6.54 Å². The van der Waals surface area contributed by atoms with Crippen LogP contribution in [0.4, 0.5) is 5.82 Å². The minimum Gasteiger partial charge on any atom is -0.355 e. The Kier molecular flexibility index (Phi) is 5.29. The van der Waals surface area contributed by atoms with Gasteiger partial charge in [-0.2, -0.15) is 0 Å². The molecule has 3 N–H and O–H groups in total. The summed E-state index contributed by atoms with van der Waals surface area (Å²) in [4.78, 5) is 17.8. The van der Waals surface area contributed by atoms with Crippen LogP contribution >= 0.6 is 0 Å². The van der Waals surface area contributed by atoms with E-state index in [-0.39, 0.29) is 12.5 Å². The van der Waals surface area contributed by atoms with Crippen LogP contribution in [-0.2, 0) is 17.9 Å². The third kappa shape index (κ3) is 4.29. The lowest BCUT2D eigenvalue weighted by Crippen LogP contribution is -2.30. The number of anilines is 1. The van der Waals surface area contributed by atoms with Gasteiger partial charge < -0.3 is 16.0 Å². The third-order valence-electron chi connectivity index (χ3n) is 3.15. The number of nitrogens with two attached hydrogens (primary N) is 1. The second kappa shape index (κ2) is 7.40. The Bertz CT molecular complexity index is 586. The summed E-state index contributed by atoms with van der Waals surface area (Å²) < 4.78 is 0. The highest BCUT2D eigenvalue weighted by molar-refractivity contribution is 5.77. The molecule has 110 valence electrons. The van der Waals surface area contributed by atoms with Gasteiger partial charge in [-0.15, -0.1) is 0 Å². The highest BCUT2D eigenvalue weighted by atomic mass is 16.1. The first-order chi connectivity index (χ1) is 10.2. The van der Waals surface area contributed by atoms with E-state index >= 15 is 0 Å². The zero-order valence-corrected chi connectivity index (χ0v) is 12.1. The lowest BCUT2D eigenvalue weighted by molar-refractivity contribution is -0.119. The van der Waals surface area contributed by atoms with E-state index in [0.717, 1.165) is 17.9 Å². The summed E-state index contributed by atoms with van der Waals surface area (Å²) in [6.07, 6.45) is 1.76. The van der Waals surface area contributed by atoms with Crippen LogP contribution < -0.4 is 16.0 Å². The number of carbonyl (C=O) groups excluding carboxylic acids is 1. The molecular formula is C16H20N4O. The first kappa shape index (κ1) is 15.0. The van der Waals surface area contributed by atoms with Gasteiger partial charge in [0.25, 0.3) is 0 Å². The molecule has 0 fully saturated rings. The summed E-state index contributed by atoms with van der Waals surface area (Å²) >= 11 is 0.